The van der Waals surface area contributed by atoms with E-state index in [4.69, 9.17) is 0 Å². The van der Waals surface area contributed by atoms with E-state index in [-0.39, 0.29) is 0 Å². The number of aromatic nitrogens is 2. The molecule has 0 radical (unpaired) electrons. The van der Waals surface area contributed by atoms with Gasteiger partial charge in [0.15, 0.2) is 0 Å². The maximum Gasteiger partial charge on any atom is 0.416 e. The van der Waals surface area contributed by atoms with Crippen LogP contribution in [-0.2, 0) is 25.4 Å². The fourth-order valence-electron chi connectivity index (χ4n) is 2.98. The Hall–Kier alpha value is -2.69. The molecule has 2 aromatic heterocycles. The molecule has 0 unspecified atom stereocenters. The number of hydrogen-bond acceptors (Lipinski definition) is 2. The lowest BCUT2D eigenvalue weighted by molar-refractivity contribution is -0.137. The second-order valence-electron chi connectivity index (χ2n) is 6.08. The van der Waals surface area contributed by atoms with Crippen LogP contribution in [0.4, 0.5) is 13.2 Å². The molecule has 0 fully saturated rings. The zero-order valence-corrected chi connectivity index (χ0v) is 14.4. The van der Waals surface area contributed by atoms with Gasteiger partial charge in [0, 0.05) is 29.8 Å². The summed E-state index contributed by atoms with van der Waals surface area (Å²) in [6, 6.07) is 11.3. The van der Waals surface area contributed by atoms with E-state index in [0.717, 1.165) is 46.5 Å². The summed E-state index contributed by atoms with van der Waals surface area (Å²) in [6.07, 6.45) is 3.24. The van der Waals surface area contributed by atoms with Crippen molar-refractivity contribution in [3.05, 3.63) is 83.4 Å². The van der Waals surface area contributed by atoms with Crippen molar-refractivity contribution in [1.29, 1.82) is 0 Å². The van der Waals surface area contributed by atoms with Gasteiger partial charge in [-0.1, -0.05) is 25.1 Å². The third-order valence-electron chi connectivity index (χ3n) is 4.40. The molecule has 0 bridgehead atoms. The number of aryl methyl sites for hydroxylation is 3. The summed E-state index contributed by atoms with van der Waals surface area (Å²) in [6.45, 7) is 2.08. The van der Waals surface area contributed by atoms with Crippen molar-refractivity contribution >= 4 is 0 Å². The van der Waals surface area contributed by atoms with Crippen LogP contribution in [0, 0.1) is 0 Å². The fraction of sp³-hybridized carbons (Fsp3) is 0.238. The zero-order chi connectivity index (χ0) is 18.6. The smallest absolute Gasteiger partial charge is 0.264 e. The molecule has 0 saturated heterocycles. The number of pyridine rings is 2. The highest BCUT2D eigenvalue weighted by Crippen LogP contribution is 2.30. The number of rotatable bonds is 5. The normalized spacial score (nSPS) is 11.5. The van der Waals surface area contributed by atoms with Gasteiger partial charge in [-0.05, 0) is 60.2 Å². The second-order valence-corrected chi connectivity index (χ2v) is 6.08. The van der Waals surface area contributed by atoms with E-state index < -0.39 is 11.7 Å². The summed E-state index contributed by atoms with van der Waals surface area (Å²) >= 11 is 0. The molecule has 134 valence electrons. The molecule has 5 heteroatoms. The zero-order valence-electron chi connectivity index (χ0n) is 14.4. The minimum Gasteiger partial charge on any atom is -0.264 e. The van der Waals surface area contributed by atoms with Crippen molar-refractivity contribution in [2.45, 2.75) is 32.4 Å². The molecule has 0 N–H and O–H groups in total. The van der Waals surface area contributed by atoms with Crippen molar-refractivity contribution in [3.8, 4) is 11.1 Å². The highest BCUT2D eigenvalue weighted by molar-refractivity contribution is 5.69. The van der Waals surface area contributed by atoms with Crippen LogP contribution in [0.3, 0.4) is 0 Å². The third-order valence-corrected chi connectivity index (χ3v) is 4.40. The lowest BCUT2D eigenvalue weighted by atomic mass is 9.96. The maximum absolute atomic E-state index is 12.7. The van der Waals surface area contributed by atoms with Crippen LogP contribution in [0.5, 0.6) is 0 Å². The van der Waals surface area contributed by atoms with Gasteiger partial charge < -0.3 is 0 Å². The van der Waals surface area contributed by atoms with Crippen molar-refractivity contribution < 1.29 is 13.2 Å². The number of hydrogen-bond donors (Lipinski definition) is 0. The first-order valence-corrected chi connectivity index (χ1v) is 8.52. The van der Waals surface area contributed by atoms with Gasteiger partial charge >= 0.3 is 6.18 Å². The van der Waals surface area contributed by atoms with Gasteiger partial charge in [0.25, 0.3) is 0 Å². The highest BCUT2D eigenvalue weighted by Gasteiger charge is 2.29. The van der Waals surface area contributed by atoms with Crippen molar-refractivity contribution in [2.24, 2.45) is 0 Å². The fourth-order valence-corrected chi connectivity index (χ4v) is 2.98. The molecular weight excluding hydrogens is 337 g/mol. The minimum absolute atomic E-state index is 0.621. The van der Waals surface area contributed by atoms with E-state index in [9.17, 15) is 13.2 Å². The van der Waals surface area contributed by atoms with Crippen LogP contribution < -0.4 is 0 Å². The predicted molar refractivity (Wildman–Crippen MR) is 95.7 cm³/mol. The van der Waals surface area contributed by atoms with Crippen LogP contribution in [-0.4, -0.2) is 9.97 Å². The Morgan fingerprint density at radius 3 is 2.35 bits per heavy atom. The van der Waals surface area contributed by atoms with E-state index >= 15 is 0 Å². The first-order chi connectivity index (χ1) is 12.5. The van der Waals surface area contributed by atoms with E-state index in [1.807, 2.05) is 24.4 Å². The summed E-state index contributed by atoms with van der Waals surface area (Å²) in [5, 5.41) is 0. The van der Waals surface area contributed by atoms with Gasteiger partial charge in [-0.3, -0.25) is 9.97 Å². The van der Waals surface area contributed by atoms with E-state index in [0.29, 0.717) is 12.8 Å². The van der Waals surface area contributed by atoms with Crippen molar-refractivity contribution in [2.75, 3.05) is 0 Å². The molecule has 0 aliphatic rings. The molecule has 3 aromatic rings. The lowest BCUT2D eigenvalue weighted by Crippen LogP contribution is -2.05. The number of benzene rings is 1. The molecule has 2 heterocycles. The average molecular weight is 356 g/mol. The topological polar surface area (TPSA) is 25.8 Å². The Balaban J connectivity index is 1.81. The standard InChI is InChI=1S/C21H19F3N2/c1-2-16-14-25-13-11-18(16)19-4-3-12-26-20(19)10-7-15-5-8-17(9-6-15)21(22,23)24/h3-6,8-9,11-14H,2,7,10H2,1H3. The van der Waals surface area contributed by atoms with Crippen LogP contribution in [0.1, 0.15) is 29.3 Å². The summed E-state index contributed by atoms with van der Waals surface area (Å²) in [4.78, 5) is 8.68. The van der Waals surface area contributed by atoms with Gasteiger partial charge in [0.1, 0.15) is 0 Å². The molecule has 3 rings (SSSR count). The molecule has 0 atom stereocenters. The highest BCUT2D eigenvalue weighted by atomic mass is 19.4. The van der Waals surface area contributed by atoms with Crippen molar-refractivity contribution in [3.63, 3.8) is 0 Å². The van der Waals surface area contributed by atoms with Crippen LogP contribution in [0.25, 0.3) is 11.1 Å². The SMILES string of the molecule is CCc1cnccc1-c1cccnc1CCc1ccc(C(F)(F)F)cc1. The number of halogens is 3. The summed E-state index contributed by atoms with van der Waals surface area (Å²) in [5.41, 5.74) is 4.49. The first-order valence-electron chi connectivity index (χ1n) is 8.52. The molecular formula is C21H19F3N2. The third kappa shape index (κ3) is 4.10. The average Bonchev–Trinajstić information content (AvgIpc) is 2.66. The Morgan fingerprint density at radius 1 is 0.885 bits per heavy atom. The quantitative estimate of drug-likeness (QED) is 0.602. The largest absolute Gasteiger partial charge is 0.416 e. The molecule has 0 amide bonds. The summed E-state index contributed by atoms with van der Waals surface area (Å²) < 4.78 is 38.0. The maximum atomic E-state index is 12.7. The summed E-state index contributed by atoms with van der Waals surface area (Å²) in [5.74, 6) is 0. The minimum atomic E-state index is -4.30. The Bertz CT molecular complexity index is 871. The summed E-state index contributed by atoms with van der Waals surface area (Å²) in [7, 11) is 0. The van der Waals surface area contributed by atoms with E-state index in [1.165, 1.54) is 12.1 Å². The van der Waals surface area contributed by atoms with Crippen molar-refractivity contribution in [1.82, 2.24) is 9.97 Å². The van der Waals surface area contributed by atoms with Gasteiger partial charge in [-0.2, -0.15) is 13.2 Å². The van der Waals surface area contributed by atoms with Crippen LogP contribution in [0.15, 0.2) is 61.1 Å². The monoisotopic (exact) mass is 356 g/mol. The first kappa shape index (κ1) is 18.1. The molecule has 1 aromatic carbocycles. The number of nitrogens with zero attached hydrogens (tertiary/aromatic N) is 2. The van der Waals surface area contributed by atoms with Gasteiger partial charge in [0.05, 0.1) is 5.56 Å². The Kier molecular flexibility index (Phi) is 5.35. The lowest BCUT2D eigenvalue weighted by Gasteiger charge is -2.12. The number of alkyl halides is 3. The molecule has 0 aliphatic heterocycles. The van der Waals surface area contributed by atoms with E-state index in [1.54, 1.807) is 12.4 Å². The van der Waals surface area contributed by atoms with Gasteiger partial charge in [0.2, 0.25) is 0 Å². The van der Waals surface area contributed by atoms with Crippen LogP contribution in [0.2, 0.25) is 0 Å². The predicted octanol–water partition coefficient (Wildman–Crippen LogP) is 5.51. The Labute approximate surface area is 150 Å². The Morgan fingerprint density at radius 2 is 1.65 bits per heavy atom. The molecule has 0 saturated carbocycles. The van der Waals surface area contributed by atoms with E-state index in [2.05, 4.69) is 16.9 Å². The molecule has 26 heavy (non-hydrogen) atoms. The molecule has 0 aliphatic carbocycles. The second kappa shape index (κ2) is 7.68. The van der Waals surface area contributed by atoms with Crippen LogP contribution >= 0.6 is 0 Å². The van der Waals surface area contributed by atoms with Gasteiger partial charge in [-0.25, -0.2) is 0 Å². The molecule has 0 spiro atoms. The van der Waals surface area contributed by atoms with Gasteiger partial charge in [-0.15, -0.1) is 0 Å². The molecule has 2 nitrogen and oxygen atoms in total.